The molecule has 1 atom stereocenters. The normalized spacial score (nSPS) is 11.5. The van der Waals surface area contributed by atoms with Gasteiger partial charge in [0.1, 0.15) is 6.04 Å². The monoisotopic (exact) mass is 318 g/mol. The van der Waals surface area contributed by atoms with E-state index in [-0.39, 0.29) is 18.3 Å². The summed E-state index contributed by atoms with van der Waals surface area (Å²) in [6.45, 7) is 6.18. The summed E-state index contributed by atoms with van der Waals surface area (Å²) >= 11 is 0. The number of aryl methyl sites for hydroxylation is 3. The molecule has 0 spiro atoms. The molecule has 0 radical (unpaired) electrons. The number of rotatable bonds is 4. The van der Waals surface area contributed by atoms with Gasteiger partial charge in [0.25, 0.3) is 0 Å². The van der Waals surface area contributed by atoms with Crippen molar-refractivity contribution in [3.8, 4) is 0 Å². The fraction of sp³-hybridized carbons (Fsp3) is 0.278. The molecule has 1 unspecified atom stereocenters. The lowest BCUT2D eigenvalue weighted by atomic mass is 10.0. The molecule has 0 heterocycles. The Morgan fingerprint density at radius 3 is 2.36 bits per heavy atom. The van der Waals surface area contributed by atoms with Crippen molar-refractivity contribution in [1.29, 1.82) is 0 Å². The van der Waals surface area contributed by atoms with Gasteiger partial charge >= 0.3 is 0 Å². The summed E-state index contributed by atoms with van der Waals surface area (Å²) in [7, 11) is 0. The van der Waals surface area contributed by atoms with Gasteiger partial charge in [-0.1, -0.05) is 42.8 Å². The van der Waals surface area contributed by atoms with Crippen LogP contribution in [0.4, 0.5) is 5.69 Å². The van der Waals surface area contributed by atoms with Gasteiger partial charge in [-0.25, -0.2) is 0 Å². The Labute approximate surface area is 138 Å². The summed E-state index contributed by atoms with van der Waals surface area (Å²) in [4.78, 5) is 12.2. The topological polar surface area (TPSA) is 55.1 Å². The van der Waals surface area contributed by atoms with Gasteiger partial charge in [0.05, 0.1) is 0 Å². The van der Waals surface area contributed by atoms with E-state index >= 15 is 0 Å². The van der Waals surface area contributed by atoms with Gasteiger partial charge in [-0.15, -0.1) is 12.4 Å². The molecule has 2 rings (SSSR count). The van der Waals surface area contributed by atoms with Gasteiger partial charge < -0.3 is 11.1 Å². The SMILES string of the molecule is CCc1cc(NC(=O)C(N)c2ccc(C)cc2)ccc1C.Cl. The Balaban J connectivity index is 0.00000242. The van der Waals surface area contributed by atoms with Crippen LogP contribution in [0.15, 0.2) is 42.5 Å². The van der Waals surface area contributed by atoms with E-state index in [2.05, 4.69) is 19.2 Å². The highest BCUT2D eigenvalue weighted by Crippen LogP contribution is 2.18. The maximum atomic E-state index is 12.2. The zero-order chi connectivity index (χ0) is 15.4. The molecule has 0 saturated heterocycles. The van der Waals surface area contributed by atoms with Crippen molar-refractivity contribution in [1.82, 2.24) is 0 Å². The van der Waals surface area contributed by atoms with Gasteiger partial charge in [-0.05, 0) is 49.1 Å². The molecule has 0 aliphatic heterocycles. The number of hydrogen-bond acceptors (Lipinski definition) is 2. The molecule has 0 aromatic heterocycles. The third-order valence-electron chi connectivity index (χ3n) is 3.72. The Hall–Kier alpha value is -1.84. The van der Waals surface area contributed by atoms with Crippen LogP contribution in [0, 0.1) is 13.8 Å². The summed E-state index contributed by atoms with van der Waals surface area (Å²) in [5.41, 5.74) is 11.3. The third kappa shape index (κ3) is 4.33. The molecule has 3 N–H and O–H groups in total. The van der Waals surface area contributed by atoms with Crippen molar-refractivity contribution >= 4 is 24.0 Å². The van der Waals surface area contributed by atoms with E-state index in [1.165, 1.54) is 11.1 Å². The molecule has 2 aromatic rings. The molecule has 118 valence electrons. The van der Waals surface area contributed by atoms with Gasteiger partial charge in [-0.2, -0.15) is 0 Å². The van der Waals surface area contributed by atoms with E-state index in [1.807, 2.05) is 49.4 Å². The largest absolute Gasteiger partial charge is 0.324 e. The fourth-order valence-corrected chi connectivity index (χ4v) is 2.28. The predicted molar refractivity (Wildman–Crippen MR) is 94.5 cm³/mol. The van der Waals surface area contributed by atoms with Crippen LogP contribution in [0.3, 0.4) is 0 Å². The molecule has 2 aromatic carbocycles. The summed E-state index contributed by atoms with van der Waals surface area (Å²) < 4.78 is 0. The zero-order valence-corrected chi connectivity index (χ0v) is 14.0. The van der Waals surface area contributed by atoms with Gasteiger partial charge in [0.2, 0.25) is 5.91 Å². The highest BCUT2D eigenvalue weighted by atomic mass is 35.5. The Morgan fingerprint density at radius 1 is 1.14 bits per heavy atom. The first-order chi connectivity index (χ1) is 10.0. The number of carbonyl (C=O) groups is 1. The Kier molecular flexibility index (Phi) is 6.60. The van der Waals surface area contributed by atoms with Crippen LogP contribution < -0.4 is 11.1 Å². The number of anilines is 1. The smallest absolute Gasteiger partial charge is 0.245 e. The average molecular weight is 319 g/mol. The lowest BCUT2D eigenvalue weighted by Gasteiger charge is -2.14. The van der Waals surface area contributed by atoms with Crippen molar-refractivity contribution in [2.75, 3.05) is 5.32 Å². The minimum absolute atomic E-state index is 0. The van der Waals surface area contributed by atoms with Gasteiger partial charge in [-0.3, -0.25) is 4.79 Å². The molecular weight excluding hydrogens is 296 g/mol. The average Bonchev–Trinajstić information content (AvgIpc) is 2.49. The molecular formula is C18H23ClN2O. The molecule has 0 aliphatic carbocycles. The standard InChI is InChI=1S/C18H22N2O.ClH/c1-4-14-11-16(10-7-13(14)3)20-18(21)17(19)15-8-5-12(2)6-9-15;/h5-11,17H,4,19H2,1-3H3,(H,20,21);1H. The van der Waals surface area contributed by atoms with E-state index in [4.69, 9.17) is 5.73 Å². The van der Waals surface area contributed by atoms with E-state index < -0.39 is 6.04 Å². The van der Waals surface area contributed by atoms with E-state index in [0.29, 0.717) is 0 Å². The van der Waals surface area contributed by atoms with Crippen LogP contribution in [-0.2, 0) is 11.2 Å². The maximum absolute atomic E-state index is 12.2. The zero-order valence-electron chi connectivity index (χ0n) is 13.2. The van der Waals surface area contributed by atoms with Crippen molar-refractivity contribution in [2.24, 2.45) is 5.73 Å². The van der Waals surface area contributed by atoms with Crippen molar-refractivity contribution in [3.05, 3.63) is 64.7 Å². The van der Waals surface area contributed by atoms with Crippen LogP contribution in [0.5, 0.6) is 0 Å². The van der Waals surface area contributed by atoms with Crippen LogP contribution >= 0.6 is 12.4 Å². The van der Waals surface area contributed by atoms with Crippen LogP contribution in [0.1, 0.15) is 35.2 Å². The van der Waals surface area contributed by atoms with Crippen LogP contribution in [-0.4, -0.2) is 5.91 Å². The van der Waals surface area contributed by atoms with Crippen LogP contribution in [0.25, 0.3) is 0 Å². The molecule has 1 amide bonds. The summed E-state index contributed by atoms with van der Waals surface area (Å²) in [6, 6.07) is 13.0. The maximum Gasteiger partial charge on any atom is 0.245 e. The minimum Gasteiger partial charge on any atom is -0.324 e. The van der Waals surface area contributed by atoms with Gasteiger partial charge in [0, 0.05) is 5.69 Å². The molecule has 3 nitrogen and oxygen atoms in total. The van der Waals surface area contributed by atoms with Crippen LogP contribution in [0.2, 0.25) is 0 Å². The van der Waals surface area contributed by atoms with E-state index in [0.717, 1.165) is 23.2 Å². The lowest BCUT2D eigenvalue weighted by Crippen LogP contribution is -2.27. The molecule has 0 saturated carbocycles. The Bertz CT molecular complexity index is 638. The highest BCUT2D eigenvalue weighted by molar-refractivity contribution is 5.95. The first-order valence-corrected chi connectivity index (χ1v) is 7.23. The number of benzene rings is 2. The van der Waals surface area contributed by atoms with Crippen molar-refractivity contribution < 1.29 is 4.79 Å². The molecule has 22 heavy (non-hydrogen) atoms. The molecule has 0 aliphatic rings. The number of carbonyl (C=O) groups excluding carboxylic acids is 1. The second-order valence-electron chi connectivity index (χ2n) is 5.37. The fourth-order valence-electron chi connectivity index (χ4n) is 2.28. The number of halogens is 1. The third-order valence-corrected chi connectivity index (χ3v) is 3.72. The van der Waals surface area contributed by atoms with Crippen molar-refractivity contribution in [2.45, 2.75) is 33.2 Å². The summed E-state index contributed by atoms with van der Waals surface area (Å²) in [5, 5.41) is 2.89. The molecule has 0 bridgehead atoms. The quantitative estimate of drug-likeness (QED) is 0.897. The van der Waals surface area contributed by atoms with E-state index in [1.54, 1.807) is 0 Å². The van der Waals surface area contributed by atoms with Crippen molar-refractivity contribution in [3.63, 3.8) is 0 Å². The lowest BCUT2D eigenvalue weighted by molar-refractivity contribution is -0.117. The number of nitrogens with one attached hydrogen (secondary N) is 1. The number of amides is 1. The second-order valence-corrected chi connectivity index (χ2v) is 5.37. The molecule has 0 fully saturated rings. The predicted octanol–water partition coefficient (Wildman–Crippen LogP) is 3.93. The second kappa shape index (κ2) is 7.97. The highest BCUT2D eigenvalue weighted by Gasteiger charge is 2.15. The molecule has 4 heteroatoms. The first kappa shape index (κ1) is 18.2. The Morgan fingerprint density at radius 2 is 1.77 bits per heavy atom. The van der Waals surface area contributed by atoms with Gasteiger partial charge in [0.15, 0.2) is 0 Å². The number of hydrogen-bond donors (Lipinski definition) is 2. The summed E-state index contributed by atoms with van der Waals surface area (Å²) in [5.74, 6) is -0.190. The van der Waals surface area contributed by atoms with E-state index in [9.17, 15) is 4.79 Å². The summed E-state index contributed by atoms with van der Waals surface area (Å²) in [6.07, 6.45) is 0.944. The minimum atomic E-state index is -0.656. The number of nitrogens with two attached hydrogens (primary N) is 1. The first-order valence-electron chi connectivity index (χ1n) is 7.23.